The first-order valence-corrected chi connectivity index (χ1v) is 6.57. The number of carbonyl (C=O) groups excluding carboxylic acids is 1. The zero-order valence-electron chi connectivity index (χ0n) is 11.5. The van der Waals surface area contributed by atoms with Crippen LogP contribution in [0.2, 0.25) is 0 Å². The Kier molecular flexibility index (Phi) is 4.95. The summed E-state index contributed by atoms with van der Waals surface area (Å²) in [5, 5.41) is 12.4. The number of nitrogens with zero attached hydrogens (tertiary/aromatic N) is 1. The summed E-state index contributed by atoms with van der Waals surface area (Å²) in [6.45, 7) is 9.11. The maximum absolute atomic E-state index is 12.4. The molecule has 4 nitrogen and oxygen atoms in total. The largest absolute Gasteiger partial charge is 0.396 e. The highest BCUT2D eigenvalue weighted by molar-refractivity contribution is 5.83. The molecule has 0 aromatic carbocycles. The lowest BCUT2D eigenvalue weighted by molar-refractivity contribution is -0.142. The standard InChI is InChI=1S/C13H26N2O2/c1-10(2)14-11-6-5-8-15(12(11)17)13(3,4)7-9-16/h10-11,14,16H,5-9H2,1-4H3. The van der Waals surface area contributed by atoms with Crippen LogP contribution in [-0.4, -0.2) is 46.7 Å². The zero-order valence-corrected chi connectivity index (χ0v) is 11.5. The molecule has 1 atom stereocenters. The molecule has 0 radical (unpaired) electrons. The zero-order chi connectivity index (χ0) is 13.1. The minimum Gasteiger partial charge on any atom is -0.396 e. The first-order valence-electron chi connectivity index (χ1n) is 6.57. The van der Waals surface area contributed by atoms with Gasteiger partial charge in [0.1, 0.15) is 0 Å². The van der Waals surface area contributed by atoms with E-state index in [0.717, 1.165) is 19.4 Å². The molecule has 0 aliphatic carbocycles. The van der Waals surface area contributed by atoms with Crippen molar-refractivity contribution < 1.29 is 9.90 Å². The summed E-state index contributed by atoms with van der Waals surface area (Å²) < 4.78 is 0. The van der Waals surface area contributed by atoms with Gasteiger partial charge in [-0.15, -0.1) is 0 Å². The van der Waals surface area contributed by atoms with Crippen molar-refractivity contribution >= 4 is 5.91 Å². The van der Waals surface area contributed by atoms with Gasteiger partial charge in [0.2, 0.25) is 5.91 Å². The molecule has 2 N–H and O–H groups in total. The van der Waals surface area contributed by atoms with Crippen molar-refractivity contribution in [3.05, 3.63) is 0 Å². The average Bonchev–Trinajstić information content (AvgIpc) is 2.20. The fourth-order valence-corrected chi connectivity index (χ4v) is 2.44. The van der Waals surface area contributed by atoms with Crippen LogP contribution in [0.4, 0.5) is 0 Å². The van der Waals surface area contributed by atoms with Crippen LogP contribution in [0, 0.1) is 0 Å². The summed E-state index contributed by atoms with van der Waals surface area (Å²) in [6, 6.07) is 0.270. The number of hydrogen-bond donors (Lipinski definition) is 2. The van der Waals surface area contributed by atoms with E-state index >= 15 is 0 Å². The smallest absolute Gasteiger partial charge is 0.240 e. The Labute approximate surface area is 104 Å². The van der Waals surface area contributed by atoms with Crippen molar-refractivity contribution in [2.24, 2.45) is 0 Å². The maximum atomic E-state index is 12.4. The number of nitrogens with one attached hydrogen (secondary N) is 1. The van der Waals surface area contributed by atoms with Gasteiger partial charge < -0.3 is 15.3 Å². The van der Waals surface area contributed by atoms with Gasteiger partial charge >= 0.3 is 0 Å². The number of piperidine rings is 1. The Morgan fingerprint density at radius 3 is 2.71 bits per heavy atom. The van der Waals surface area contributed by atoms with Gasteiger partial charge in [0.05, 0.1) is 6.04 Å². The Bertz CT molecular complexity index is 264. The molecule has 1 fully saturated rings. The van der Waals surface area contributed by atoms with Gasteiger partial charge in [0, 0.05) is 24.7 Å². The second-order valence-corrected chi connectivity index (χ2v) is 5.79. The normalized spacial score (nSPS) is 22.4. The molecule has 0 saturated carbocycles. The molecular weight excluding hydrogens is 216 g/mol. The van der Waals surface area contributed by atoms with E-state index in [9.17, 15) is 4.79 Å². The third-order valence-electron chi connectivity index (χ3n) is 3.43. The molecular formula is C13H26N2O2. The van der Waals surface area contributed by atoms with Crippen LogP contribution in [-0.2, 0) is 4.79 Å². The monoisotopic (exact) mass is 242 g/mol. The van der Waals surface area contributed by atoms with Gasteiger partial charge in [-0.25, -0.2) is 0 Å². The third-order valence-corrected chi connectivity index (χ3v) is 3.43. The van der Waals surface area contributed by atoms with E-state index in [-0.39, 0.29) is 24.1 Å². The molecule has 1 heterocycles. The lowest BCUT2D eigenvalue weighted by atomic mass is 9.93. The minimum absolute atomic E-state index is 0.0540. The molecule has 17 heavy (non-hydrogen) atoms. The Balaban J connectivity index is 2.70. The van der Waals surface area contributed by atoms with E-state index in [1.165, 1.54) is 0 Å². The van der Waals surface area contributed by atoms with E-state index in [2.05, 4.69) is 19.2 Å². The van der Waals surface area contributed by atoms with E-state index in [4.69, 9.17) is 5.11 Å². The predicted molar refractivity (Wildman–Crippen MR) is 68.8 cm³/mol. The van der Waals surface area contributed by atoms with Gasteiger partial charge in [-0.2, -0.15) is 0 Å². The molecule has 1 saturated heterocycles. The number of likely N-dealkylation sites (tertiary alicyclic amines) is 1. The minimum atomic E-state index is -0.247. The molecule has 0 aromatic rings. The summed E-state index contributed by atoms with van der Waals surface area (Å²) in [5.41, 5.74) is -0.247. The van der Waals surface area contributed by atoms with Crippen LogP contribution < -0.4 is 5.32 Å². The van der Waals surface area contributed by atoms with Crippen LogP contribution in [0.25, 0.3) is 0 Å². The highest BCUT2D eigenvalue weighted by Gasteiger charge is 2.37. The molecule has 1 amide bonds. The lowest BCUT2D eigenvalue weighted by Crippen LogP contribution is -2.59. The van der Waals surface area contributed by atoms with Crippen LogP contribution >= 0.6 is 0 Å². The number of rotatable bonds is 5. The second-order valence-electron chi connectivity index (χ2n) is 5.79. The molecule has 1 unspecified atom stereocenters. The highest BCUT2D eigenvalue weighted by atomic mass is 16.3. The maximum Gasteiger partial charge on any atom is 0.240 e. The molecule has 1 aliphatic rings. The van der Waals surface area contributed by atoms with E-state index in [1.807, 2.05) is 18.7 Å². The molecule has 0 spiro atoms. The van der Waals surface area contributed by atoms with Crippen LogP contribution in [0.3, 0.4) is 0 Å². The van der Waals surface area contributed by atoms with Gasteiger partial charge in [-0.1, -0.05) is 13.8 Å². The highest BCUT2D eigenvalue weighted by Crippen LogP contribution is 2.24. The van der Waals surface area contributed by atoms with Gasteiger partial charge in [-0.3, -0.25) is 4.79 Å². The van der Waals surface area contributed by atoms with Gasteiger partial charge in [-0.05, 0) is 33.1 Å². The fraction of sp³-hybridized carbons (Fsp3) is 0.923. The summed E-state index contributed by atoms with van der Waals surface area (Å²) >= 11 is 0. The Morgan fingerprint density at radius 1 is 1.53 bits per heavy atom. The molecule has 0 bridgehead atoms. The van der Waals surface area contributed by atoms with Gasteiger partial charge in [0.25, 0.3) is 0 Å². The topological polar surface area (TPSA) is 52.6 Å². The molecule has 1 aliphatic heterocycles. The van der Waals surface area contributed by atoms with Crippen molar-refractivity contribution in [2.75, 3.05) is 13.2 Å². The number of aliphatic hydroxyl groups excluding tert-OH is 1. The van der Waals surface area contributed by atoms with Crippen LogP contribution in [0.1, 0.15) is 47.0 Å². The number of hydrogen-bond acceptors (Lipinski definition) is 3. The van der Waals surface area contributed by atoms with Crippen molar-refractivity contribution in [2.45, 2.75) is 64.6 Å². The predicted octanol–water partition coefficient (Wildman–Crippen LogP) is 1.14. The fourth-order valence-electron chi connectivity index (χ4n) is 2.44. The molecule has 100 valence electrons. The molecule has 0 aromatic heterocycles. The van der Waals surface area contributed by atoms with Crippen molar-refractivity contribution in [1.82, 2.24) is 10.2 Å². The number of carbonyl (C=O) groups is 1. The third kappa shape index (κ3) is 3.68. The number of amides is 1. The Morgan fingerprint density at radius 2 is 2.18 bits per heavy atom. The van der Waals surface area contributed by atoms with Crippen molar-refractivity contribution in [3.63, 3.8) is 0 Å². The quantitative estimate of drug-likeness (QED) is 0.760. The van der Waals surface area contributed by atoms with E-state index in [0.29, 0.717) is 12.5 Å². The van der Waals surface area contributed by atoms with Crippen molar-refractivity contribution in [3.8, 4) is 0 Å². The second kappa shape index (κ2) is 5.83. The van der Waals surface area contributed by atoms with Crippen molar-refractivity contribution in [1.29, 1.82) is 0 Å². The number of aliphatic hydroxyl groups is 1. The van der Waals surface area contributed by atoms with E-state index < -0.39 is 0 Å². The SMILES string of the molecule is CC(C)NC1CCCN(C(C)(C)CCO)C1=O. The first kappa shape index (κ1) is 14.5. The molecule has 4 heteroatoms. The van der Waals surface area contributed by atoms with Crippen LogP contribution in [0.15, 0.2) is 0 Å². The molecule has 1 rings (SSSR count). The summed E-state index contributed by atoms with van der Waals surface area (Å²) in [4.78, 5) is 14.3. The summed E-state index contributed by atoms with van der Waals surface area (Å²) in [5.74, 6) is 0.184. The van der Waals surface area contributed by atoms with E-state index in [1.54, 1.807) is 0 Å². The lowest BCUT2D eigenvalue weighted by Gasteiger charge is -2.43. The Hall–Kier alpha value is -0.610. The average molecular weight is 242 g/mol. The van der Waals surface area contributed by atoms with Crippen LogP contribution in [0.5, 0.6) is 0 Å². The first-order chi connectivity index (χ1) is 7.88. The van der Waals surface area contributed by atoms with Gasteiger partial charge in [0.15, 0.2) is 0 Å². The summed E-state index contributed by atoms with van der Waals surface area (Å²) in [6.07, 6.45) is 2.58. The summed E-state index contributed by atoms with van der Waals surface area (Å²) in [7, 11) is 0.